The molecule has 0 spiro atoms. The molecular formula is C27H29FN6O2S. The first-order valence-electron chi connectivity index (χ1n) is 12.4. The van der Waals surface area contributed by atoms with Crippen molar-refractivity contribution in [2.45, 2.75) is 57.5 Å². The number of nitrogens with one attached hydrogen (secondary N) is 2. The van der Waals surface area contributed by atoms with Crippen LogP contribution in [0.15, 0.2) is 48.0 Å². The number of amides is 2. The van der Waals surface area contributed by atoms with E-state index in [1.165, 1.54) is 28.0 Å². The number of benzene rings is 1. The first kappa shape index (κ1) is 24.9. The zero-order chi connectivity index (χ0) is 26.2. The summed E-state index contributed by atoms with van der Waals surface area (Å²) < 4.78 is 15.0. The summed E-state index contributed by atoms with van der Waals surface area (Å²) in [6.45, 7) is 3.93. The topological polar surface area (TPSA) is 114 Å². The van der Waals surface area contributed by atoms with E-state index in [4.69, 9.17) is 5.73 Å². The van der Waals surface area contributed by atoms with E-state index < -0.39 is 5.54 Å². The quantitative estimate of drug-likeness (QED) is 0.320. The van der Waals surface area contributed by atoms with Gasteiger partial charge in [0, 0.05) is 17.8 Å². The average molecular weight is 521 g/mol. The van der Waals surface area contributed by atoms with E-state index in [-0.39, 0.29) is 29.6 Å². The molecule has 1 saturated carbocycles. The highest BCUT2D eigenvalue weighted by Crippen LogP contribution is 2.39. The van der Waals surface area contributed by atoms with Gasteiger partial charge in [-0.25, -0.2) is 8.91 Å². The fourth-order valence-corrected chi connectivity index (χ4v) is 5.66. The molecule has 37 heavy (non-hydrogen) atoms. The van der Waals surface area contributed by atoms with Gasteiger partial charge in [-0.1, -0.05) is 31.9 Å². The molecule has 0 radical (unpaired) electrons. The summed E-state index contributed by atoms with van der Waals surface area (Å²) in [6, 6.07) is 9.95. The molecule has 0 aliphatic heterocycles. The molecule has 4 aromatic rings. The molecule has 0 bridgehead atoms. The largest absolute Gasteiger partial charge is 0.366 e. The van der Waals surface area contributed by atoms with Gasteiger partial charge in [0.25, 0.3) is 11.8 Å². The van der Waals surface area contributed by atoms with Crippen molar-refractivity contribution in [1.29, 1.82) is 0 Å². The molecule has 8 nitrogen and oxygen atoms in total. The van der Waals surface area contributed by atoms with Crippen molar-refractivity contribution in [2.75, 3.05) is 5.73 Å². The van der Waals surface area contributed by atoms with Gasteiger partial charge in [-0.15, -0.1) is 16.4 Å². The number of hydrogen-bond acceptors (Lipinski definition) is 6. The van der Waals surface area contributed by atoms with Gasteiger partial charge in [-0.05, 0) is 67.0 Å². The van der Waals surface area contributed by atoms with Crippen LogP contribution in [-0.4, -0.2) is 32.5 Å². The molecule has 1 aromatic carbocycles. The second-order valence-corrected chi connectivity index (χ2v) is 10.5. The van der Waals surface area contributed by atoms with Crippen molar-refractivity contribution >= 4 is 34.7 Å². The van der Waals surface area contributed by atoms with Crippen LogP contribution in [0.1, 0.15) is 71.5 Å². The van der Waals surface area contributed by atoms with Crippen LogP contribution in [0, 0.1) is 5.82 Å². The van der Waals surface area contributed by atoms with Crippen molar-refractivity contribution in [1.82, 2.24) is 25.2 Å². The average Bonchev–Trinajstić information content (AvgIpc) is 3.63. The fourth-order valence-electron chi connectivity index (χ4n) is 4.85. The zero-order valence-corrected chi connectivity index (χ0v) is 21.6. The number of aromatic nitrogens is 3. The molecule has 1 fully saturated rings. The highest BCUT2D eigenvalue weighted by atomic mass is 32.1. The Morgan fingerprint density at radius 3 is 2.59 bits per heavy atom. The number of pyridine rings is 1. The molecule has 5 rings (SSSR count). The highest BCUT2D eigenvalue weighted by Gasteiger charge is 2.37. The maximum atomic E-state index is 13.5. The SMILES string of the molecule is CC[C@H](C)NC(=O)c1cc(-c2csc(C(=O)NC3(c4ccc(F)cc4)CCCC3)c2)cn2nc(N)nc12. The van der Waals surface area contributed by atoms with Gasteiger partial charge in [-0.3, -0.25) is 9.59 Å². The van der Waals surface area contributed by atoms with Crippen LogP contribution in [-0.2, 0) is 5.54 Å². The number of nitrogens with two attached hydrogens (primary N) is 1. The number of halogens is 1. The lowest BCUT2D eigenvalue weighted by atomic mass is 9.88. The molecule has 1 aliphatic rings. The Hall–Kier alpha value is -3.79. The number of nitrogens with zero attached hydrogens (tertiary/aromatic N) is 3. The minimum atomic E-state index is -0.507. The van der Waals surface area contributed by atoms with Gasteiger partial charge in [0.05, 0.1) is 16.0 Å². The van der Waals surface area contributed by atoms with Crippen molar-refractivity contribution in [3.8, 4) is 11.1 Å². The smallest absolute Gasteiger partial charge is 0.262 e. The van der Waals surface area contributed by atoms with E-state index in [0.29, 0.717) is 16.1 Å². The number of hydrogen-bond donors (Lipinski definition) is 3. The molecular weight excluding hydrogens is 491 g/mol. The van der Waals surface area contributed by atoms with Crippen LogP contribution in [0.4, 0.5) is 10.3 Å². The van der Waals surface area contributed by atoms with Crippen LogP contribution in [0.25, 0.3) is 16.8 Å². The van der Waals surface area contributed by atoms with Crippen molar-refractivity contribution < 1.29 is 14.0 Å². The lowest BCUT2D eigenvalue weighted by Crippen LogP contribution is -2.43. The molecule has 3 heterocycles. The van der Waals surface area contributed by atoms with E-state index in [9.17, 15) is 14.0 Å². The lowest BCUT2D eigenvalue weighted by molar-refractivity contribution is 0.0900. The highest BCUT2D eigenvalue weighted by molar-refractivity contribution is 7.12. The maximum absolute atomic E-state index is 13.5. The van der Waals surface area contributed by atoms with Crippen LogP contribution in [0.5, 0.6) is 0 Å². The van der Waals surface area contributed by atoms with Gasteiger partial charge in [0.2, 0.25) is 5.95 Å². The van der Waals surface area contributed by atoms with Gasteiger partial charge >= 0.3 is 0 Å². The number of nitrogen functional groups attached to an aromatic ring is 1. The molecule has 0 saturated heterocycles. The zero-order valence-electron chi connectivity index (χ0n) is 20.8. The Morgan fingerprint density at radius 2 is 1.89 bits per heavy atom. The predicted octanol–water partition coefficient (Wildman–Crippen LogP) is 4.91. The summed E-state index contributed by atoms with van der Waals surface area (Å²) >= 11 is 1.33. The molecule has 192 valence electrons. The van der Waals surface area contributed by atoms with Crippen LogP contribution < -0.4 is 16.4 Å². The second kappa shape index (κ2) is 9.93. The number of thiophene rings is 1. The summed E-state index contributed by atoms with van der Waals surface area (Å²) in [6.07, 6.45) is 6.15. The third-order valence-corrected chi connectivity index (χ3v) is 7.98. The number of anilines is 1. The third-order valence-electron chi connectivity index (χ3n) is 7.05. The minimum Gasteiger partial charge on any atom is -0.366 e. The van der Waals surface area contributed by atoms with Gasteiger partial charge in [0.15, 0.2) is 5.65 Å². The molecule has 10 heteroatoms. The maximum Gasteiger partial charge on any atom is 0.262 e. The third kappa shape index (κ3) is 4.93. The number of fused-ring (bicyclic) bond motifs is 1. The summed E-state index contributed by atoms with van der Waals surface area (Å²) in [7, 11) is 0. The van der Waals surface area contributed by atoms with E-state index in [0.717, 1.165) is 48.8 Å². The van der Waals surface area contributed by atoms with E-state index in [2.05, 4.69) is 20.7 Å². The predicted molar refractivity (Wildman–Crippen MR) is 142 cm³/mol. The van der Waals surface area contributed by atoms with Crippen molar-refractivity contribution in [3.63, 3.8) is 0 Å². The minimum absolute atomic E-state index is 0.00284. The summed E-state index contributed by atoms with van der Waals surface area (Å²) in [4.78, 5) is 31.1. The normalized spacial score (nSPS) is 15.5. The molecule has 0 unspecified atom stereocenters. The van der Waals surface area contributed by atoms with Crippen molar-refractivity contribution in [3.05, 3.63) is 69.8 Å². The number of carbonyl (C=O) groups excluding carboxylic acids is 2. The van der Waals surface area contributed by atoms with E-state index in [1.807, 2.05) is 25.3 Å². The van der Waals surface area contributed by atoms with E-state index >= 15 is 0 Å². The monoisotopic (exact) mass is 520 g/mol. The van der Waals surface area contributed by atoms with Crippen LogP contribution in [0.3, 0.4) is 0 Å². The first-order chi connectivity index (χ1) is 17.8. The number of carbonyl (C=O) groups is 2. The molecule has 2 amide bonds. The Balaban J connectivity index is 1.44. The Morgan fingerprint density at radius 1 is 1.16 bits per heavy atom. The van der Waals surface area contributed by atoms with Crippen molar-refractivity contribution in [2.24, 2.45) is 0 Å². The fraction of sp³-hybridized carbons (Fsp3) is 0.333. The van der Waals surface area contributed by atoms with E-state index in [1.54, 1.807) is 24.4 Å². The summed E-state index contributed by atoms with van der Waals surface area (Å²) in [5.41, 5.74) is 8.47. The molecule has 1 atom stereocenters. The first-order valence-corrected chi connectivity index (χ1v) is 13.3. The molecule has 1 aliphatic carbocycles. The number of rotatable bonds is 7. The van der Waals surface area contributed by atoms with Crippen LogP contribution in [0.2, 0.25) is 0 Å². The summed E-state index contributed by atoms with van der Waals surface area (Å²) in [5, 5.41) is 12.3. The van der Waals surface area contributed by atoms with Gasteiger partial charge in [0.1, 0.15) is 5.82 Å². The van der Waals surface area contributed by atoms with Crippen LogP contribution >= 0.6 is 11.3 Å². The Labute approximate surface area is 218 Å². The van der Waals surface area contributed by atoms with Gasteiger partial charge in [-0.2, -0.15) is 4.98 Å². The molecule has 4 N–H and O–H groups in total. The Bertz CT molecular complexity index is 1460. The molecule has 3 aromatic heterocycles. The second-order valence-electron chi connectivity index (χ2n) is 9.61. The lowest BCUT2D eigenvalue weighted by Gasteiger charge is -2.31. The standard InChI is InChI=1S/C27H29FN6O2S/c1-3-16(2)30-24(35)21-12-17(14-34-23(21)31-26(29)33-34)18-13-22(37-15-18)25(36)32-27(10-4-5-11-27)19-6-8-20(28)9-7-19/h6-9,12-16H,3-5,10-11H2,1-2H3,(H2,29,33)(H,30,35)(H,32,36)/t16-/m0/s1. The Kier molecular flexibility index (Phi) is 6.68. The summed E-state index contributed by atoms with van der Waals surface area (Å²) in [5.74, 6) is -0.662. The van der Waals surface area contributed by atoms with Gasteiger partial charge < -0.3 is 16.4 Å².